The van der Waals surface area contributed by atoms with Gasteiger partial charge in [0.1, 0.15) is 0 Å². The normalized spacial score (nSPS) is 26.9. The van der Waals surface area contributed by atoms with Gasteiger partial charge < -0.3 is 14.2 Å². The van der Waals surface area contributed by atoms with Crippen LogP contribution in [-0.2, 0) is 23.8 Å². The number of hydrogen-bond donors (Lipinski definition) is 0. The van der Waals surface area contributed by atoms with Crippen LogP contribution in [0.5, 0.6) is 0 Å². The van der Waals surface area contributed by atoms with Crippen LogP contribution in [-0.4, -0.2) is 24.5 Å². The summed E-state index contributed by atoms with van der Waals surface area (Å²) in [5.41, 5.74) is 0. The molecular weight excluding hydrogens is 176 g/mol. The van der Waals surface area contributed by atoms with Crippen molar-refractivity contribution in [2.24, 2.45) is 0 Å². The lowest BCUT2D eigenvalue weighted by Gasteiger charge is -2.12. The molecule has 5 nitrogen and oxygen atoms in total. The zero-order chi connectivity index (χ0) is 9.84. The van der Waals surface area contributed by atoms with Gasteiger partial charge in [-0.25, -0.2) is 0 Å². The topological polar surface area (TPSA) is 61.8 Å². The van der Waals surface area contributed by atoms with Crippen LogP contribution in [0.25, 0.3) is 0 Å². The molecule has 1 saturated heterocycles. The lowest BCUT2D eigenvalue weighted by Crippen LogP contribution is -2.20. The quantitative estimate of drug-likeness (QED) is 0.593. The van der Waals surface area contributed by atoms with E-state index in [1.54, 1.807) is 0 Å². The van der Waals surface area contributed by atoms with Crippen LogP contribution in [0.15, 0.2) is 0 Å². The van der Waals surface area contributed by atoms with Crippen molar-refractivity contribution in [2.75, 3.05) is 0 Å². The molecule has 74 valence electrons. The zero-order valence-corrected chi connectivity index (χ0v) is 7.61. The van der Waals surface area contributed by atoms with Gasteiger partial charge >= 0.3 is 11.9 Å². The molecule has 0 amide bonds. The van der Waals surface area contributed by atoms with Crippen molar-refractivity contribution in [1.82, 2.24) is 0 Å². The summed E-state index contributed by atoms with van der Waals surface area (Å²) in [6.45, 7) is 2.62. The number of esters is 2. The van der Waals surface area contributed by atoms with Crippen molar-refractivity contribution in [1.29, 1.82) is 0 Å². The van der Waals surface area contributed by atoms with E-state index >= 15 is 0 Å². The van der Waals surface area contributed by atoms with Crippen molar-refractivity contribution in [2.45, 2.75) is 39.3 Å². The molecule has 0 aromatic heterocycles. The molecule has 0 bridgehead atoms. The van der Waals surface area contributed by atoms with Gasteiger partial charge in [-0.15, -0.1) is 0 Å². The summed E-state index contributed by atoms with van der Waals surface area (Å²) in [5.74, 6) is -0.790. The fourth-order valence-electron chi connectivity index (χ4n) is 1.12. The SMILES string of the molecule is CC(=O)O[C@@H]1CC[C@@H](OC(C)=O)O1. The fourth-order valence-corrected chi connectivity index (χ4v) is 1.12. The molecule has 0 spiro atoms. The minimum atomic E-state index is -0.568. The van der Waals surface area contributed by atoms with Gasteiger partial charge in [0, 0.05) is 26.7 Å². The third-order valence-electron chi connectivity index (χ3n) is 1.54. The lowest BCUT2D eigenvalue weighted by atomic mass is 10.3. The molecular formula is C8H12O5. The van der Waals surface area contributed by atoms with E-state index in [1.807, 2.05) is 0 Å². The van der Waals surface area contributed by atoms with Crippen LogP contribution in [0.2, 0.25) is 0 Å². The zero-order valence-electron chi connectivity index (χ0n) is 7.61. The maximum Gasteiger partial charge on any atom is 0.304 e. The maximum atomic E-state index is 10.5. The maximum absolute atomic E-state index is 10.5. The van der Waals surface area contributed by atoms with E-state index in [0.717, 1.165) is 0 Å². The predicted molar refractivity (Wildman–Crippen MR) is 41.4 cm³/mol. The number of ether oxygens (including phenoxy) is 3. The molecule has 5 heteroatoms. The minimum absolute atomic E-state index is 0.395. The van der Waals surface area contributed by atoms with Crippen LogP contribution in [0, 0.1) is 0 Å². The Labute approximate surface area is 76.0 Å². The minimum Gasteiger partial charge on any atom is -0.436 e. The molecule has 0 radical (unpaired) electrons. The first kappa shape index (κ1) is 9.98. The molecule has 0 aromatic rings. The Balaban J connectivity index is 2.27. The summed E-state index contributed by atoms with van der Waals surface area (Å²) in [6.07, 6.45) is -0.00148. The Bertz CT molecular complexity index is 191. The van der Waals surface area contributed by atoms with Crippen LogP contribution >= 0.6 is 0 Å². The fraction of sp³-hybridized carbons (Fsp3) is 0.750. The highest BCUT2D eigenvalue weighted by Gasteiger charge is 2.29. The Kier molecular flexibility index (Phi) is 3.25. The van der Waals surface area contributed by atoms with Crippen molar-refractivity contribution in [3.63, 3.8) is 0 Å². The third-order valence-corrected chi connectivity index (χ3v) is 1.54. The molecule has 1 aliphatic heterocycles. The second-order valence-corrected chi connectivity index (χ2v) is 2.79. The number of rotatable bonds is 2. The summed E-state index contributed by atoms with van der Waals surface area (Å²) < 4.78 is 14.6. The second kappa shape index (κ2) is 4.23. The van der Waals surface area contributed by atoms with Crippen LogP contribution < -0.4 is 0 Å². The first-order valence-corrected chi connectivity index (χ1v) is 4.08. The number of hydrogen-bond acceptors (Lipinski definition) is 5. The van der Waals surface area contributed by atoms with Gasteiger partial charge in [-0.05, 0) is 0 Å². The van der Waals surface area contributed by atoms with E-state index in [4.69, 9.17) is 14.2 Å². The van der Waals surface area contributed by atoms with E-state index in [0.29, 0.717) is 12.8 Å². The Morgan fingerprint density at radius 2 is 1.46 bits per heavy atom. The van der Waals surface area contributed by atoms with E-state index in [-0.39, 0.29) is 0 Å². The molecule has 1 aliphatic rings. The van der Waals surface area contributed by atoms with Gasteiger partial charge in [0.15, 0.2) is 0 Å². The van der Waals surface area contributed by atoms with Crippen molar-refractivity contribution >= 4 is 11.9 Å². The Hall–Kier alpha value is -1.10. The summed E-state index contributed by atoms with van der Waals surface area (Å²) in [5, 5.41) is 0. The lowest BCUT2D eigenvalue weighted by molar-refractivity contribution is -0.207. The molecule has 13 heavy (non-hydrogen) atoms. The molecule has 0 unspecified atom stereocenters. The van der Waals surface area contributed by atoms with E-state index in [2.05, 4.69) is 0 Å². The van der Waals surface area contributed by atoms with Gasteiger partial charge in [-0.1, -0.05) is 0 Å². The molecule has 0 aliphatic carbocycles. The third kappa shape index (κ3) is 3.42. The summed E-state index contributed by atoms with van der Waals surface area (Å²) in [4.78, 5) is 21.0. The van der Waals surface area contributed by atoms with Crippen LogP contribution in [0.1, 0.15) is 26.7 Å². The van der Waals surface area contributed by atoms with Gasteiger partial charge in [-0.3, -0.25) is 9.59 Å². The number of carbonyl (C=O) groups is 2. The molecule has 1 fully saturated rings. The standard InChI is InChI=1S/C8H12O5/c1-5(9)11-7-3-4-8(13-7)12-6(2)10/h7-8H,3-4H2,1-2H3/t7-,8-/m0/s1. The molecule has 2 atom stereocenters. The predicted octanol–water partition coefficient (Wildman–Crippen LogP) is 0.575. The molecule has 0 saturated carbocycles. The average molecular weight is 188 g/mol. The molecule has 1 heterocycles. The Morgan fingerprint density at radius 1 is 1.08 bits per heavy atom. The smallest absolute Gasteiger partial charge is 0.304 e. The highest BCUT2D eigenvalue weighted by Crippen LogP contribution is 2.21. The van der Waals surface area contributed by atoms with E-state index < -0.39 is 24.5 Å². The molecule has 0 aromatic carbocycles. The van der Waals surface area contributed by atoms with Crippen LogP contribution in [0.4, 0.5) is 0 Å². The van der Waals surface area contributed by atoms with Crippen molar-refractivity contribution in [3.8, 4) is 0 Å². The average Bonchev–Trinajstić information content (AvgIpc) is 2.33. The highest BCUT2D eigenvalue weighted by molar-refractivity contribution is 5.66. The largest absolute Gasteiger partial charge is 0.436 e. The van der Waals surface area contributed by atoms with E-state index in [1.165, 1.54) is 13.8 Å². The summed E-state index contributed by atoms with van der Waals surface area (Å²) in [6, 6.07) is 0. The van der Waals surface area contributed by atoms with E-state index in [9.17, 15) is 9.59 Å². The van der Waals surface area contributed by atoms with Gasteiger partial charge in [0.05, 0.1) is 0 Å². The monoisotopic (exact) mass is 188 g/mol. The van der Waals surface area contributed by atoms with Gasteiger partial charge in [-0.2, -0.15) is 0 Å². The second-order valence-electron chi connectivity index (χ2n) is 2.79. The number of carbonyl (C=O) groups excluding carboxylic acids is 2. The highest BCUT2D eigenvalue weighted by atomic mass is 16.8. The van der Waals surface area contributed by atoms with Crippen LogP contribution in [0.3, 0.4) is 0 Å². The first-order valence-electron chi connectivity index (χ1n) is 4.08. The molecule has 0 N–H and O–H groups in total. The molecule has 1 rings (SSSR count). The summed E-state index contributed by atoms with van der Waals surface area (Å²) >= 11 is 0. The van der Waals surface area contributed by atoms with Crippen molar-refractivity contribution in [3.05, 3.63) is 0 Å². The first-order chi connectivity index (χ1) is 6.08. The van der Waals surface area contributed by atoms with Crippen molar-refractivity contribution < 1.29 is 23.8 Å². The summed E-state index contributed by atoms with van der Waals surface area (Å²) in [7, 11) is 0. The van der Waals surface area contributed by atoms with Gasteiger partial charge in [0.25, 0.3) is 0 Å². The van der Waals surface area contributed by atoms with Gasteiger partial charge in [0.2, 0.25) is 12.6 Å². The Morgan fingerprint density at radius 3 is 1.77 bits per heavy atom.